The molecular formula is C11H10F5NO4. The fourth-order valence-corrected chi connectivity index (χ4v) is 1.46. The summed E-state index contributed by atoms with van der Waals surface area (Å²) in [6.45, 7) is 1.23. The van der Waals surface area contributed by atoms with E-state index in [1.165, 1.54) is 6.92 Å². The summed E-state index contributed by atoms with van der Waals surface area (Å²) in [5.41, 5.74) is -1.96. The molecule has 0 spiro atoms. The molecule has 1 aromatic heterocycles. The zero-order chi connectivity index (χ0) is 16.2. The van der Waals surface area contributed by atoms with Gasteiger partial charge in [0.15, 0.2) is 11.5 Å². The van der Waals surface area contributed by atoms with Crippen LogP contribution in [0.2, 0.25) is 0 Å². The van der Waals surface area contributed by atoms with Crippen molar-refractivity contribution in [3.63, 3.8) is 0 Å². The smallest absolute Gasteiger partial charge is 0.492 e. The highest BCUT2D eigenvalue weighted by Crippen LogP contribution is 2.38. The van der Waals surface area contributed by atoms with Crippen LogP contribution in [0.25, 0.3) is 0 Å². The summed E-state index contributed by atoms with van der Waals surface area (Å²) in [4.78, 5) is 14.8. The Balaban J connectivity index is 3.45. The van der Waals surface area contributed by atoms with Crippen molar-refractivity contribution in [1.82, 2.24) is 4.98 Å². The van der Waals surface area contributed by atoms with Gasteiger partial charge < -0.3 is 14.2 Å². The number of ether oxygens (including phenoxy) is 3. The Hall–Kier alpha value is -2.13. The van der Waals surface area contributed by atoms with Crippen LogP contribution in [-0.4, -0.2) is 31.0 Å². The Morgan fingerprint density at radius 2 is 2.00 bits per heavy atom. The van der Waals surface area contributed by atoms with Gasteiger partial charge in [-0.2, -0.15) is 0 Å². The lowest BCUT2D eigenvalue weighted by atomic mass is 10.1. The van der Waals surface area contributed by atoms with Gasteiger partial charge in [-0.3, -0.25) is 4.98 Å². The number of methoxy groups -OCH3 is 1. The molecule has 0 aliphatic carbocycles. The first kappa shape index (κ1) is 16.9. The summed E-state index contributed by atoms with van der Waals surface area (Å²) < 4.78 is 75.0. The predicted molar refractivity (Wildman–Crippen MR) is 58.4 cm³/mol. The average Bonchev–Trinajstić information content (AvgIpc) is 2.36. The first-order valence-electron chi connectivity index (χ1n) is 5.49. The molecule has 5 nitrogen and oxygen atoms in total. The zero-order valence-electron chi connectivity index (χ0n) is 10.8. The third-order valence-corrected chi connectivity index (χ3v) is 2.14. The Labute approximate surface area is 115 Å². The maximum Gasteiger partial charge on any atom is 0.573 e. The lowest BCUT2D eigenvalue weighted by Crippen LogP contribution is -2.20. The van der Waals surface area contributed by atoms with E-state index in [1.54, 1.807) is 0 Å². The fourth-order valence-electron chi connectivity index (χ4n) is 1.46. The molecule has 0 atom stereocenters. The second-order valence-electron chi connectivity index (χ2n) is 3.48. The highest BCUT2D eigenvalue weighted by atomic mass is 19.4. The molecule has 0 aliphatic heterocycles. The summed E-state index contributed by atoms with van der Waals surface area (Å²) in [7, 11) is 0.899. The molecule has 21 heavy (non-hydrogen) atoms. The summed E-state index contributed by atoms with van der Waals surface area (Å²) in [6, 6.07) is 0. The minimum absolute atomic E-state index is 0.172. The molecular weight excluding hydrogens is 305 g/mol. The van der Waals surface area contributed by atoms with Crippen molar-refractivity contribution in [2.75, 3.05) is 13.7 Å². The van der Waals surface area contributed by atoms with E-state index in [9.17, 15) is 26.7 Å². The molecule has 1 rings (SSSR count). The van der Waals surface area contributed by atoms with E-state index < -0.39 is 41.5 Å². The minimum atomic E-state index is -5.10. The Bertz CT molecular complexity index is 518. The van der Waals surface area contributed by atoms with Gasteiger partial charge in [0.1, 0.15) is 11.3 Å². The van der Waals surface area contributed by atoms with E-state index in [4.69, 9.17) is 0 Å². The minimum Gasteiger partial charge on any atom is -0.492 e. The van der Waals surface area contributed by atoms with E-state index in [0.717, 1.165) is 7.11 Å². The predicted octanol–water partition coefficient (Wildman–Crippen LogP) is 3.10. The van der Waals surface area contributed by atoms with Gasteiger partial charge >= 0.3 is 12.3 Å². The van der Waals surface area contributed by atoms with Crippen molar-refractivity contribution in [2.45, 2.75) is 19.7 Å². The molecule has 0 amide bonds. The lowest BCUT2D eigenvalue weighted by Gasteiger charge is -2.16. The molecule has 0 radical (unpaired) electrons. The van der Waals surface area contributed by atoms with Gasteiger partial charge in [0.2, 0.25) is 0 Å². The van der Waals surface area contributed by atoms with Crippen molar-refractivity contribution >= 4 is 5.97 Å². The van der Waals surface area contributed by atoms with Crippen LogP contribution in [0.3, 0.4) is 0 Å². The topological polar surface area (TPSA) is 57.7 Å². The Morgan fingerprint density at radius 3 is 2.43 bits per heavy atom. The van der Waals surface area contributed by atoms with Crippen molar-refractivity contribution in [3.8, 4) is 11.5 Å². The lowest BCUT2D eigenvalue weighted by molar-refractivity contribution is -0.275. The largest absolute Gasteiger partial charge is 0.573 e. The molecule has 1 heterocycles. The molecule has 0 fully saturated rings. The van der Waals surface area contributed by atoms with Gasteiger partial charge in [-0.15, -0.1) is 13.2 Å². The number of nitrogens with zero attached hydrogens (tertiary/aromatic N) is 1. The van der Waals surface area contributed by atoms with Gasteiger partial charge in [0, 0.05) is 0 Å². The first-order chi connectivity index (χ1) is 9.71. The van der Waals surface area contributed by atoms with Gasteiger partial charge in [-0.05, 0) is 6.92 Å². The number of hydrogen-bond acceptors (Lipinski definition) is 5. The maximum atomic E-state index is 12.8. The third-order valence-electron chi connectivity index (χ3n) is 2.14. The second kappa shape index (κ2) is 6.55. The summed E-state index contributed by atoms with van der Waals surface area (Å²) >= 11 is 0. The van der Waals surface area contributed by atoms with Gasteiger partial charge in [-0.25, -0.2) is 13.6 Å². The second-order valence-corrected chi connectivity index (χ2v) is 3.48. The van der Waals surface area contributed by atoms with Crippen LogP contribution < -0.4 is 9.47 Å². The monoisotopic (exact) mass is 315 g/mol. The van der Waals surface area contributed by atoms with E-state index in [0.29, 0.717) is 6.20 Å². The van der Waals surface area contributed by atoms with Gasteiger partial charge in [0.25, 0.3) is 6.43 Å². The SMILES string of the molecule is CCOC(=O)c1c(C(F)F)ncc(OC(F)(F)F)c1OC. The van der Waals surface area contributed by atoms with Crippen LogP contribution in [0.1, 0.15) is 29.4 Å². The van der Waals surface area contributed by atoms with Crippen molar-refractivity contribution in [3.05, 3.63) is 17.5 Å². The highest BCUT2D eigenvalue weighted by Gasteiger charge is 2.36. The van der Waals surface area contributed by atoms with Crippen molar-refractivity contribution in [2.24, 2.45) is 0 Å². The van der Waals surface area contributed by atoms with E-state index in [-0.39, 0.29) is 6.61 Å². The standard InChI is InChI=1S/C11H10F5NO4/c1-3-20-10(18)6-7(9(12)13)17-4-5(8(6)19-2)21-11(14,15)16/h4,9H,3H2,1-2H3. The maximum absolute atomic E-state index is 12.8. The number of carbonyl (C=O) groups excluding carboxylic acids is 1. The number of rotatable bonds is 5. The number of hydrogen-bond donors (Lipinski definition) is 0. The van der Waals surface area contributed by atoms with Crippen LogP contribution >= 0.6 is 0 Å². The molecule has 0 bridgehead atoms. The van der Waals surface area contributed by atoms with Crippen LogP contribution in [0.4, 0.5) is 22.0 Å². The highest BCUT2D eigenvalue weighted by molar-refractivity contribution is 5.94. The molecule has 10 heteroatoms. The van der Waals surface area contributed by atoms with Crippen LogP contribution in [-0.2, 0) is 4.74 Å². The molecule has 0 unspecified atom stereocenters. The van der Waals surface area contributed by atoms with E-state index in [1.807, 2.05) is 0 Å². The number of pyridine rings is 1. The summed E-state index contributed by atoms with van der Waals surface area (Å²) in [5, 5.41) is 0. The summed E-state index contributed by atoms with van der Waals surface area (Å²) in [6.07, 6.45) is -7.91. The van der Waals surface area contributed by atoms with Gasteiger partial charge in [-0.1, -0.05) is 0 Å². The number of carbonyl (C=O) groups is 1. The van der Waals surface area contributed by atoms with Crippen molar-refractivity contribution < 1.29 is 41.0 Å². The molecule has 0 N–H and O–H groups in total. The fraction of sp³-hybridized carbons (Fsp3) is 0.455. The number of halogens is 5. The van der Waals surface area contributed by atoms with E-state index in [2.05, 4.69) is 19.2 Å². The number of esters is 1. The third kappa shape index (κ3) is 4.17. The molecule has 0 aromatic carbocycles. The molecule has 0 saturated carbocycles. The summed E-state index contributed by atoms with van der Waals surface area (Å²) in [5.74, 6) is -3.13. The normalized spacial score (nSPS) is 11.4. The van der Waals surface area contributed by atoms with Crippen LogP contribution in [0, 0.1) is 0 Å². The zero-order valence-corrected chi connectivity index (χ0v) is 10.8. The van der Waals surface area contributed by atoms with Crippen LogP contribution in [0.15, 0.2) is 6.20 Å². The number of alkyl halides is 5. The van der Waals surface area contributed by atoms with Crippen LogP contribution in [0.5, 0.6) is 11.5 Å². The van der Waals surface area contributed by atoms with E-state index >= 15 is 0 Å². The average molecular weight is 315 g/mol. The quantitative estimate of drug-likeness (QED) is 0.617. The van der Waals surface area contributed by atoms with Crippen molar-refractivity contribution in [1.29, 1.82) is 0 Å². The van der Waals surface area contributed by atoms with Gasteiger partial charge in [0.05, 0.1) is 19.9 Å². The number of aromatic nitrogens is 1. The Morgan fingerprint density at radius 1 is 1.38 bits per heavy atom. The Kier molecular flexibility index (Phi) is 5.28. The first-order valence-corrected chi connectivity index (χ1v) is 5.49. The molecule has 118 valence electrons. The molecule has 0 aliphatic rings. The molecule has 1 aromatic rings. The molecule has 0 saturated heterocycles.